The number of piperidine rings is 1. The fourth-order valence-corrected chi connectivity index (χ4v) is 5.91. The number of hydrogen-bond acceptors (Lipinski definition) is 4. The van der Waals surface area contributed by atoms with Gasteiger partial charge in [0.1, 0.15) is 10.9 Å². The number of amides is 1. The molecule has 1 saturated heterocycles. The Morgan fingerprint density at radius 1 is 1.32 bits per heavy atom. The molecular formula is C15H18N2O3S2. The summed E-state index contributed by atoms with van der Waals surface area (Å²) in [5, 5.41) is 3.43. The van der Waals surface area contributed by atoms with Crippen LogP contribution in [0.25, 0.3) is 10.1 Å². The lowest BCUT2D eigenvalue weighted by Crippen LogP contribution is -2.50. The van der Waals surface area contributed by atoms with E-state index < -0.39 is 16.1 Å². The molecule has 0 spiro atoms. The van der Waals surface area contributed by atoms with Crippen LogP contribution in [0.15, 0.2) is 23.1 Å². The zero-order valence-electron chi connectivity index (χ0n) is 12.5. The van der Waals surface area contributed by atoms with Crippen molar-refractivity contribution in [2.24, 2.45) is 0 Å². The summed E-state index contributed by atoms with van der Waals surface area (Å²) in [6, 6.07) is 4.96. The molecule has 1 aliphatic rings. The molecule has 1 amide bonds. The molecule has 1 aliphatic heterocycles. The summed E-state index contributed by atoms with van der Waals surface area (Å²) in [7, 11) is -3.72. The Morgan fingerprint density at radius 2 is 2.09 bits per heavy atom. The third-order valence-corrected chi connectivity index (χ3v) is 6.93. The first kappa shape index (κ1) is 15.5. The highest BCUT2D eigenvalue weighted by molar-refractivity contribution is 7.90. The smallest absolute Gasteiger partial charge is 0.243 e. The minimum atomic E-state index is -3.72. The summed E-state index contributed by atoms with van der Waals surface area (Å²) >= 11 is 1.48. The van der Waals surface area contributed by atoms with Crippen molar-refractivity contribution < 1.29 is 13.2 Å². The zero-order valence-corrected chi connectivity index (χ0v) is 14.1. The number of carbonyl (C=O) groups is 1. The minimum absolute atomic E-state index is 0.247. The van der Waals surface area contributed by atoms with Gasteiger partial charge in [0.25, 0.3) is 0 Å². The van der Waals surface area contributed by atoms with Gasteiger partial charge in [0.15, 0.2) is 0 Å². The number of thiophene rings is 1. The highest BCUT2D eigenvalue weighted by atomic mass is 32.2. The number of aryl methyl sites for hydroxylation is 2. The standard InChI is InChI=1S/C15H18N2O3S2/c1-9-5-3-6-11-13(9)21-10(2)14(11)22(19,20)17-12-7-4-8-16-15(12)18/h3,5-6,12,17H,4,7-8H2,1-2H3,(H,16,18)/t12-/m0/s1. The molecule has 0 aliphatic carbocycles. The van der Waals surface area contributed by atoms with Gasteiger partial charge in [0, 0.05) is 21.5 Å². The van der Waals surface area contributed by atoms with E-state index in [0.29, 0.717) is 17.9 Å². The van der Waals surface area contributed by atoms with Crippen LogP contribution in [-0.4, -0.2) is 26.9 Å². The summed E-state index contributed by atoms with van der Waals surface area (Å²) in [6.45, 7) is 4.38. The van der Waals surface area contributed by atoms with Gasteiger partial charge in [-0.15, -0.1) is 11.3 Å². The average molecular weight is 338 g/mol. The molecule has 2 N–H and O–H groups in total. The second-order valence-corrected chi connectivity index (χ2v) is 8.42. The Morgan fingerprint density at radius 3 is 2.82 bits per heavy atom. The minimum Gasteiger partial charge on any atom is -0.355 e. The van der Waals surface area contributed by atoms with Crippen molar-refractivity contribution in [3.05, 3.63) is 28.6 Å². The topological polar surface area (TPSA) is 75.3 Å². The van der Waals surface area contributed by atoms with Gasteiger partial charge in [0.2, 0.25) is 15.9 Å². The van der Waals surface area contributed by atoms with Crippen LogP contribution in [0.1, 0.15) is 23.3 Å². The summed E-state index contributed by atoms with van der Waals surface area (Å²) in [5.74, 6) is -0.247. The molecule has 3 rings (SSSR count). The lowest BCUT2D eigenvalue weighted by molar-refractivity contribution is -0.124. The van der Waals surface area contributed by atoms with Crippen molar-refractivity contribution in [1.29, 1.82) is 0 Å². The highest BCUT2D eigenvalue weighted by Gasteiger charge is 2.30. The molecule has 1 aromatic heterocycles. The van der Waals surface area contributed by atoms with Crippen molar-refractivity contribution in [2.75, 3.05) is 6.54 Å². The van der Waals surface area contributed by atoms with Crippen molar-refractivity contribution in [3.8, 4) is 0 Å². The number of fused-ring (bicyclic) bond motifs is 1. The quantitative estimate of drug-likeness (QED) is 0.900. The molecule has 7 heteroatoms. The predicted molar refractivity (Wildman–Crippen MR) is 87.7 cm³/mol. The van der Waals surface area contributed by atoms with E-state index in [1.54, 1.807) is 6.92 Å². The number of carbonyl (C=O) groups excluding carboxylic acids is 1. The molecule has 1 atom stereocenters. The van der Waals surface area contributed by atoms with Gasteiger partial charge in [-0.2, -0.15) is 4.72 Å². The van der Waals surface area contributed by atoms with E-state index in [9.17, 15) is 13.2 Å². The van der Waals surface area contributed by atoms with Gasteiger partial charge in [0.05, 0.1) is 0 Å². The van der Waals surface area contributed by atoms with Crippen LogP contribution in [-0.2, 0) is 14.8 Å². The molecule has 0 unspecified atom stereocenters. The maximum Gasteiger partial charge on any atom is 0.243 e. The number of sulfonamides is 1. The van der Waals surface area contributed by atoms with Gasteiger partial charge in [-0.25, -0.2) is 8.42 Å². The van der Waals surface area contributed by atoms with Crippen LogP contribution < -0.4 is 10.0 Å². The van der Waals surface area contributed by atoms with E-state index in [1.165, 1.54) is 11.3 Å². The third-order valence-electron chi connectivity index (χ3n) is 3.88. The first-order valence-electron chi connectivity index (χ1n) is 7.19. The lowest BCUT2D eigenvalue weighted by Gasteiger charge is -2.22. The van der Waals surface area contributed by atoms with Crippen molar-refractivity contribution in [2.45, 2.75) is 37.6 Å². The van der Waals surface area contributed by atoms with Crippen molar-refractivity contribution in [3.63, 3.8) is 0 Å². The largest absolute Gasteiger partial charge is 0.355 e. The summed E-state index contributed by atoms with van der Waals surface area (Å²) < 4.78 is 29.1. The second-order valence-electron chi connectivity index (χ2n) is 5.55. The summed E-state index contributed by atoms with van der Waals surface area (Å²) in [6.07, 6.45) is 1.31. The van der Waals surface area contributed by atoms with E-state index in [1.807, 2.05) is 25.1 Å². The fourth-order valence-electron chi connectivity index (χ4n) is 2.82. The van der Waals surface area contributed by atoms with Gasteiger partial charge in [-0.05, 0) is 32.3 Å². The summed E-state index contributed by atoms with van der Waals surface area (Å²) in [5.41, 5.74) is 1.06. The number of nitrogens with one attached hydrogen (secondary N) is 2. The Balaban J connectivity index is 2.04. The van der Waals surface area contributed by atoms with E-state index in [-0.39, 0.29) is 5.91 Å². The molecule has 118 valence electrons. The third kappa shape index (κ3) is 2.64. The maximum atomic E-state index is 12.8. The molecule has 0 bridgehead atoms. The molecule has 22 heavy (non-hydrogen) atoms. The normalized spacial score (nSPS) is 19.4. The van der Waals surface area contributed by atoms with Crippen LogP contribution in [0.4, 0.5) is 0 Å². The molecule has 2 heterocycles. The Kier molecular flexibility index (Phi) is 3.96. The Labute approximate surface area is 133 Å². The fraction of sp³-hybridized carbons (Fsp3) is 0.400. The van der Waals surface area contributed by atoms with E-state index in [0.717, 1.165) is 26.9 Å². The van der Waals surface area contributed by atoms with Crippen LogP contribution >= 0.6 is 11.3 Å². The van der Waals surface area contributed by atoms with Gasteiger partial charge in [-0.3, -0.25) is 4.79 Å². The van der Waals surface area contributed by atoms with Crippen LogP contribution in [0.2, 0.25) is 0 Å². The van der Waals surface area contributed by atoms with E-state index >= 15 is 0 Å². The number of hydrogen-bond donors (Lipinski definition) is 2. The summed E-state index contributed by atoms with van der Waals surface area (Å²) in [4.78, 5) is 12.9. The van der Waals surface area contributed by atoms with Gasteiger partial charge >= 0.3 is 0 Å². The molecule has 0 saturated carbocycles. The zero-order chi connectivity index (χ0) is 15.9. The van der Waals surface area contributed by atoms with Crippen LogP contribution in [0, 0.1) is 13.8 Å². The molecule has 5 nitrogen and oxygen atoms in total. The first-order valence-corrected chi connectivity index (χ1v) is 9.49. The van der Waals surface area contributed by atoms with Crippen molar-refractivity contribution >= 4 is 37.4 Å². The van der Waals surface area contributed by atoms with Gasteiger partial charge < -0.3 is 5.32 Å². The predicted octanol–water partition coefficient (Wildman–Crippen LogP) is 2.08. The lowest BCUT2D eigenvalue weighted by atomic mass is 10.1. The van der Waals surface area contributed by atoms with Crippen LogP contribution in [0.5, 0.6) is 0 Å². The number of benzene rings is 1. The Bertz CT molecular complexity index is 840. The SMILES string of the molecule is Cc1sc2c(C)cccc2c1S(=O)(=O)N[C@H]1CCCNC1=O. The van der Waals surface area contributed by atoms with E-state index in [4.69, 9.17) is 0 Å². The van der Waals surface area contributed by atoms with E-state index in [2.05, 4.69) is 10.0 Å². The second kappa shape index (κ2) is 5.64. The molecule has 2 aromatic rings. The maximum absolute atomic E-state index is 12.8. The average Bonchev–Trinajstić information content (AvgIpc) is 2.80. The molecule has 1 aromatic carbocycles. The Hall–Kier alpha value is -1.44. The molecule has 0 radical (unpaired) electrons. The first-order chi connectivity index (χ1) is 10.4. The van der Waals surface area contributed by atoms with Crippen LogP contribution in [0.3, 0.4) is 0 Å². The monoisotopic (exact) mass is 338 g/mol. The number of rotatable bonds is 3. The van der Waals surface area contributed by atoms with Crippen molar-refractivity contribution in [1.82, 2.24) is 10.0 Å². The molecule has 1 fully saturated rings. The van der Waals surface area contributed by atoms with Gasteiger partial charge in [-0.1, -0.05) is 18.2 Å². The highest BCUT2D eigenvalue weighted by Crippen LogP contribution is 2.36. The molecular weight excluding hydrogens is 320 g/mol.